The van der Waals surface area contributed by atoms with Crippen LogP contribution in [0.3, 0.4) is 0 Å². The maximum absolute atomic E-state index is 12.9. The van der Waals surface area contributed by atoms with Gasteiger partial charge in [0.2, 0.25) is 0 Å². The number of hydrogen-bond donors (Lipinski definition) is 0. The standard InChI is InChI=1S/C13H8BrFN2O2S/c14-10-7-9-5-6-17(13(9)16-8-10)20(18,19)12-3-1-11(15)2-4-12/h1-8H. The highest BCUT2D eigenvalue weighted by molar-refractivity contribution is 9.10. The zero-order chi connectivity index (χ0) is 14.3. The van der Waals surface area contributed by atoms with Crippen molar-refractivity contribution in [3.05, 3.63) is 59.1 Å². The number of aromatic nitrogens is 2. The molecule has 0 aliphatic carbocycles. The molecule has 0 atom stereocenters. The van der Waals surface area contributed by atoms with Gasteiger partial charge in [0.25, 0.3) is 10.0 Å². The topological polar surface area (TPSA) is 52.0 Å². The molecule has 2 aromatic heterocycles. The van der Waals surface area contributed by atoms with Gasteiger partial charge in [-0.3, -0.25) is 0 Å². The first-order valence-electron chi connectivity index (χ1n) is 5.62. The molecule has 0 unspecified atom stereocenters. The third-order valence-electron chi connectivity index (χ3n) is 2.83. The van der Waals surface area contributed by atoms with Gasteiger partial charge < -0.3 is 0 Å². The van der Waals surface area contributed by atoms with E-state index in [0.29, 0.717) is 11.0 Å². The van der Waals surface area contributed by atoms with E-state index in [1.165, 1.54) is 24.5 Å². The molecule has 0 bridgehead atoms. The van der Waals surface area contributed by atoms with Gasteiger partial charge in [0.05, 0.1) is 4.90 Å². The third kappa shape index (κ3) is 2.12. The minimum absolute atomic E-state index is 0.0149. The highest BCUT2D eigenvalue weighted by Crippen LogP contribution is 2.23. The monoisotopic (exact) mass is 354 g/mol. The van der Waals surface area contributed by atoms with Gasteiger partial charge in [0.15, 0.2) is 5.65 Å². The van der Waals surface area contributed by atoms with Gasteiger partial charge in [-0.05, 0) is 52.3 Å². The Morgan fingerprint density at radius 3 is 2.55 bits per heavy atom. The summed E-state index contributed by atoms with van der Waals surface area (Å²) in [4.78, 5) is 4.13. The molecule has 0 aliphatic rings. The minimum atomic E-state index is -3.78. The lowest BCUT2D eigenvalue weighted by molar-refractivity contribution is 0.587. The van der Waals surface area contributed by atoms with Gasteiger partial charge in [-0.25, -0.2) is 21.8 Å². The lowest BCUT2D eigenvalue weighted by Gasteiger charge is -2.06. The lowest BCUT2D eigenvalue weighted by Crippen LogP contribution is -2.12. The van der Waals surface area contributed by atoms with Crippen LogP contribution in [-0.2, 0) is 10.0 Å². The predicted octanol–water partition coefficient (Wildman–Crippen LogP) is 3.17. The third-order valence-corrected chi connectivity index (χ3v) is 4.94. The van der Waals surface area contributed by atoms with E-state index in [0.717, 1.165) is 20.6 Å². The second-order valence-electron chi connectivity index (χ2n) is 4.14. The van der Waals surface area contributed by atoms with Crippen molar-refractivity contribution in [3.8, 4) is 0 Å². The lowest BCUT2D eigenvalue weighted by atomic mass is 10.3. The molecule has 3 aromatic rings. The molecule has 0 saturated carbocycles. The molecule has 2 heterocycles. The van der Waals surface area contributed by atoms with E-state index in [1.54, 1.807) is 12.1 Å². The first kappa shape index (κ1) is 13.3. The summed E-state index contributed by atoms with van der Waals surface area (Å²) in [5.41, 5.74) is 0.331. The summed E-state index contributed by atoms with van der Waals surface area (Å²) in [6.45, 7) is 0. The second kappa shape index (κ2) is 4.68. The van der Waals surface area contributed by atoms with Crippen molar-refractivity contribution in [3.63, 3.8) is 0 Å². The second-order valence-corrected chi connectivity index (χ2v) is 6.87. The highest BCUT2D eigenvalue weighted by atomic mass is 79.9. The van der Waals surface area contributed by atoms with E-state index >= 15 is 0 Å². The maximum atomic E-state index is 12.9. The molecule has 0 saturated heterocycles. The zero-order valence-electron chi connectivity index (χ0n) is 9.99. The molecule has 1 aromatic carbocycles. The minimum Gasteiger partial charge on any atom is -0.236 e. The van der Waals surface area contributed by atoms with E-state index in [-0.39, 0.29) is 4.90 Å². The quantitative estimate of drug-likeness (QED) is 0.710. The van der Waals surface area contributed by atoms with E-state index in [4.69, 9.17) is 0 Å². The van der Waals surface area contributed by atoms with Gasteiger partial charge in [-0.1, -0.05) is 0 Å². The summed E-state index contributed by atoms with van der Waals surface area (Å²) in [5.74, 6) is -0.483. The summed E-state index contributed by atoms with van der Waals surface area (Å²) in [6, 6.07) is 8.13. The van der Waals surface area contributed by atoms with Crippen LogP contribution in [0.15, 0.2) is 58.2 Å². The molecule has 0 fully saturated rings. The van der Waals surface area contributed by atoms with E-state index in [9.17, 15) is 12.8 Å². The van der Waals surface area contributed by atoms with E-state index in [1.807, 2.05) is 0 Å². The first-order chi connectivity index (χ1) is 9.48. The van der Waals surface area contributed by atoms with Gasteiger partial charge in [-0.2, -0.15) is 0 Å². The molecule has 0 radical (unpaired) electrons. The fourth-order valence-electron chi connectivity index (χ4n) is 1.89. The number of hydrogen-bond acceptors (Lipinski definition) is 3. The number of fused-ring (bicyclic) bond motifs is 1. The van der Waals surface area contributed by atoms with Crippen LogP contribution in [0.4, 0.5) is 4.39 Å². The Bertz CT molecular complexity index is 888. The highest BCUT2D eigenvalue weighted by Gasteiger charge is 2.19. The summed E-state index contributed by atoms with van der Waals surface area (Å²) < 4.78 is 39.7. The number of nitrogens with zero attached hydrogens (tertiary/aromatic N) is 2. The molecular formula is C13H8BrFN2O2S. The molecule has 4 nitrogen and oxygen atoms in total. The van der Waals surface area contributed by atoms with Crippen LogP contribution in [0.2, 0.25) is 0 Å². The fourth-order valence-corrected chi connectivity index (χ4v) is 3.54. The van der Waals surface area contributed by atoms with Crippen molar-refractivity contribution in [2.75, 3.05) is 0 Å². The first-order valence-corrected chi connectivity index (χ1v) is 7.85. The molecule has 0 N–H and O–H groups in total. The summed E-state index contributed by atoms with van der Waals surface area (Å²) in [7, 11) is -3.78. The fraction of sp³-hybridized carbons (Fsp3) is 0. The van der Waals surface area contributed by atoms with Crippen molar-refractivity contribution < 1.29 is 12.8 Å². The normalized spacial score (nSPS) is 11.9. The Morgan fingerprint density at radius 2 is 1.85 bits per heavy atom. The predicted molar refractivity (Wildman–Crippen MR) is 76.4 cm³/mol. The van der Waals surface area contributed by atoms with Gasteiger partial charge >= 0.3 is 0 Å². The van der Waals surface area contributed by atoms with E-state index < -0.39 is 15.8 Å². The SMILES string of the molecule is O=S(=O)(c1ccc(F)cc1)n1ccc2cc(Br)cnc21. The molecule has 7 heteroatoms. The van der Waals surface area contributed by atoms with Crippen molar-refractivity contribution in [2.45, 2.75) is 4.90 Å². The summed E-state index contributed by atoms with van der Waals surface area (Å²) in [5, 5.41) is 0.699. The average molecular weight is 355 g/mol. The molecule has 3 rings (SSSR count). The Kier molecular flexibility index (Phi) is 3.10. The molecule has 0 spiro atoms. The Balaban J connectivity index is 2.21. The van der Waals surface area contributed by atoms with Crippen LogP contribution in [-0.4, -0.2) is 17.4 Å². The van der Waals surface area contributed by atoms with E-state index in [2.05, 4.69) is 20.9 Å². The number of halogens is 2. The smallest absolute Gasteiger partial charge is 0.236 e. The maximum Gasteiger partial charge on any atom is 0.269 e. The zero-order valence-corrected chi connectivity index (χ0v) is 12.4. The van der Waals surface area contributed by atoms with Crippen LogP contribution in [0, 0.1) is 5.82 Å². The van der Waals surface area contributed by atoms with Crippen molar-refractivity contribution in [1.82, 2.24) is 8.96 Å². The van der Waals surface area contributed by atoms with Crippen LogP contribution in [0.5, 0.6) is 0 Å². The number of benzene rings is 1. The Morgan fingerprint density at radius 1 is 1.15 bits per heavy atom. The van der Waals surface area contributed by atoms with Gasteiger partial charge in [-0.15, -0.1) is 0 Å². The van der Waals surface area contributed by atoms with Crippen LogP contribution < -0.4 is 0 Å². The Hall–Kier alpha value is -1.73. The largest absolute Gasteiger partial charge is 0.269 e. The van der Waals surface area contributed by atoms with Crippen LogP contribution in [0.25, 0.3) is 11.0 Å². The molecule has 0 amide bonds. The van der Waals surface area contributed by atoms with Crippen molar-refractivity contribution in [1.29, 1.82) is 0 Å². The van der Waals surface area contributed by atoms with Crippen LogP contribution >= 0.6 is 15.9 Å². The number of rotatable bonds is 2. The molecule has 20 heavy (non-hydrogen) atoms. The average Bonchev–Trinajstić information content (AvgIpc) is 2.82. The number of pyridine rings is 1. The van der Waals surface area contributed by atoms with Crippen LogP contribution in [0.1, 0.15) is 0 Å². The molecular weight excluding hydrogens is 347 g/mol. The summed E-state index contributed by atoms with van der Waals surface area (Å²) in [6.07, 6.45) is 2.96. The molecule has 102 valence electrons. The van der Waals surface area contributed by atoms with Gasteiger partial charge in [0, 0.05) is 22.3 Å². The summed E-state index contributed by atoms with van der Waals surface area (Å²) >= 11 is 3.28. The van der Waals surface area contributed by atoms with Crippen molar-refractivity contribution >= 4 is 37.0 Å². The van der Waals surface area contributed by atoms with Gasteiger partial charge in [0.1, 0.15) is 5.82 Å². The molecule has 0 aliphatic heterocycles. The van der Waals surface area contributed by atoms with Crippen molar-refractivity contribution in [2.24, 2.45) is 0 Å². The Labute approximate surface area is 123 Å².